The molecule has 1 amide bonds. The Kier molecular flexibility index (Phi) is 7.17. The van der Waals surface area contributed by atoms with Gasteiger partial charge in [0.1, 0.15) is 6.10 Å². The fourth-order valence-corrected chi connectivity index (χ4v) is 4.79. The minimum atomic E-state index is -0.770. The minimum absolute atomic E-state index is 0.103. The van der Waals surface area contributed by atoms with Crippen LogP contribution < -0.4 is 16.0 Å². The van der Waals surface area contributed by atoms with Gasteiger partial charge in [0, 0.05) is 18.7 Å². The first kappa shape index (κ1) is 22.4. The van der Waals surface area contributed by atoms with Crippen LogP contribution >= 0.6 is 0 Å². The van der Waals surface area contributed by atoms with Gasteiger partial charge >= 0.3 is 5.91 Å². The second kappa shape index (κ2) is 10.2. The van der Waals surface area contributed by atoms with Crippen LogP contribution in [0.3, 0.4) is 0 Å². The van der Waals surface area contributed by atoms with Crippen molar-refractivity contribution in [3.05, 3.63) is 59.8 Å². The van der Waals surface area contributed by atoms with Crippen molar-refractivity contribution in [3.8, 4) is 5.88 Å². The van der Waals surface area contributed by atoms with Crippen LogP contribution in [-0.2, 0) is 27.4 Å². The van der Waals surface area contributed by atoms with E-state index in [1.807, 2.05) is 23.6 Å². The van der Waals surface area contributed by atoms with Gasteiger partial charge in [-0.15, -0.1) is 0 Å². The van der Waals surface area contributed by atoms with Crippen molar-refractivity contribution < 1.29 is 19.1 Å². The Hall–Kier alpha value is -2.77. The molecule has 170 valence electrons. The van der Waals surface area contributed by atoms with Crippen LogP contribution in [0.4, 0.5) is 0 Å². The molecule has 4 rings (SSSR count). The van der Waals surface area contributed by atoms with Crippen LogP contribution in [0.5, 0.6) is 5.88 Å². The second-order valence-corrected chi connectivity index (χ2v) is 9.05. The molecule has 2 aliphatic rings. The van der Waals surface area contributed by atoms with E-state index in [4.69, 9.17) is 15.3 Å². The zero-order valence-electron chi connectivity index (χ0n) is 18.3. The lowest BCUT2D eigenvalue weighted by Gasteiger charge is -2.51. The van der Waals surface area contributed by atoms with Gasteiger partial charge in [0.05, 0.1) is 12.7 Å². The summed E-state index contributed by atoms with van der Waals surface area (Å²) in [4.78, 5) is 27.1. The van der Waals surface area contributed by atoms with Crippen LogP contribution in [0.2, 0.25) is 0 Å². The summed E-state index contributed by atoms with van der Waals surface area (Å²) in [5.74, 6) is 4.27. The average Bonchev–Trinajstić information content (AvgIpc) is 2.82. The van der Waals surface area contributed by atoms with Gasteiger partial charge in [0.15, 0.2) is 0 Å². The quantitative estimate of drug-likeness (QED) is 0.270. The van der Waals surface area contributed by atoms with Crippen LogP contribution in [0.15, 0.2) is 48.7 Å². The number of nitrogens with one attached hydrogen (secondary N) is 1. The number of aromatic nitrogens is 1. The SMILES string of the molecule is NNC(=O)C(=O)CCc1ccc(OC2CCC3(CC2)CC(OCc2ccccc2)C3)nc1. The molecule has 1 spiro atoms. The number of Topliss-reactive ketones (excluding diaryl/α,β-unsaturated/α-hetero) is 1. The first-order chi connectivity index (χ1) is 15.5. The van der Waals surface area contributed by atoms with E-state index in [1.54, 1.807) is 6.20 Å². The fraction of sp³-hybridized carbons (Fsp3) is 0.480. The van der Waals surface area contributed by atoms with Gasteiger partial charge in [-0.25, -0.2) is 10.8 Å². The Morgan fingerprint density at radius 3 is 2.44 bits per heavy atom. The van der Waals surface area contributed by atoms with Crippen molar-refractivity contribution >= 4 is 11.7 Å². The summed E-state index contributed by atoms with van der Waals surface area (Å²) in [6.07, 6.45) is 9.55. The number of hydrogen-bond acceptors (Lipinski definition) is 6. The lowest BCUT2D eigenvalue weighted by molar-refractivity contribution is -0.137. The molecule has 7 heteroatoms. The third-order valence-corrected chi connectivity index (χ3v) is 6.75. The summed E-state index contributed by atoms with van der Waals surface area (Å²) in [6, 6.07) is 14.1. The summed E-state index contributed by atoms with van der Waals surface area (Å²) in [7, 11) is 0. The van der Waals surface area contributed by atoms with Crippen LogP contribution in [-0.4, -0.2) is 28.9 Å². The molecule has 7 nitrogen and oxygen atoms in total. The van der Waals surface area contributed by atoms with Crippen LogP contribution in [0.25, 0.3) is 0 Å². The number of ether oxygens (including phenoxy) is 2. The van der Waals surface area contributed by atoms with E-state index in [-0.39, 0.29) is 12.5 Å². The first-order valence-electron chi connectivity index (χ1n) is 11.4. The fourth-order valence-electron chi connectivity index (χ4n) is 4.79. The third-order valence-electron chi connectivity index (χ3n) is 6.75. The smallest absolute Gasteiger partial charge is 0.301 e. The van der Waals surface area contributed by atoms with E-state index < -0.39 is 11.7 Å². The van der Waals surface area contributed by atoms with Gasteiger partial charge < -0.3 is 9.47 Å². The maximum Gasteiger partial charge on any atom is 0.301 e. The highest BCUT2D eigenvalue weighted by molar-refractivity contribution is 6.35. The number of benzene rings is 1. The molecule has 32 heavy (non-hydrogen) atoms. The molecule has 1 aromatic carbocycles. The maximum atomic E-state index is 11.5. The Balaban J connectivity index is 1.15. The number of rotatable bonds is 9. The van der Waals surface area contributed by atoms with Crippen molar-refractivity contribution in [1.29, 1.82) is 0 Å². The largest absolute Gasteiger partial charge is 0.474 e. The molecule has 2 aromatic rings. The summed E-state index contributed by atoms with van der Waals surface area (Å²) < 4.78 is 12.2. The van der Waals surface area contributed by atoms with E-state index in [2.05, 4.69) is 29.2 Å². The number of carbonyl (C=O) groups excluding carboxylic acids is 2. The second-order valence-electron chi connectivity index (χ2n) is 9.05. The van der Waals surface area contributed by atoms with Crippen LogP contribution in [0, 0.1) is 5.41 Å². The van der Waals surface area contributed by atoms with E-state index >= 15 is 0 Å². The Morgan fingerprint density at radius 1 is 1.03 bits per heavy atom. The number of ketones is 1. The lowest BCUT2D eigenvalue weighted by Crippen LogP contribution is -2.46. The molecule has 0 saturated heterocycles. The van der Waals surface area contributed by atoms with Crippen molar-refractivity contribution in [2.24, 2.45) is 11.3 Å². The monoisotopic (exact) mass is 437 g/mol. The predicted octanol–water partition coefficient (Wildman–Crippen LogP) is 3.26. The number of nitrogens with zero attached hydrogens (tertiary/aromatic N) is 1. The minimum Gasteiger partial charge on any atom is -0.474 e. The summed E-state index contributed by atoms with van der Waals surface area (Å²) in [6.45, 7) is 0.698. The summed E-state index contributed by atoms with van der Waals surface area (Å²) >= 11 is 0. The van der Waals surface area contributed by atoms with E-state index in [1.165, 1.54) is 18.4 Å². The van der Waals surface area contributed by atoms with Gasteiger partial charge in [0.2, 0.25) is 11.7 Å². The maximum absolute atomic E-state index is 11.5. The number of nitrogens with two attached hydrogens (primary N) is 1. The third kappa shape index (κ3) is 5.72. The number of pyridine rings is 1. The Morgan fingerprint density at radius 2 is 1.78 bits per heavy atom. The normalized spacial score (nSPS) is 24.5. The number of amides is 1. The lowest BCUT2D eigenvalue weighted by atomic mass is 9.59. The molecule has 2 fully saturated rings. The number of hydrogen-bond donors (Lipinski definition) is 2. The molecule has 0 unspecified atom stereocenters. The first-order valence-corrected chi connectivity index (χ1v) is 11.4. The van der Waals surface area contributed by atoms with Crippen molar-refractivity contribution in [1.82, 2.24) is 10.4 Å². The molecule has 0 bridgehead atoms. The van der Waals surface area contributed by atoms with E-state index in [0.717, 1.165) is 31.2 Å². The van der Waals surface area contributed by atoms with Gasteiger partial charge in [-0.2, -0.15) is 0 Å². The highest BCUT2D eigenvalue weighted by Gasteiger charge is 2.47. The number of hydrazine groups is 1. The van der Waals surface area contributed by atoms with Crippen molar-refractivity contribution in [2.45, 2.75) is 70.2 Å². The van der Waals surface area contributed by atoms with Crippen molar-refractivity contribution in [2.75, 3.05) is 0 Å². The molecule has 1 heterocycles. The molecule has 2 saturated carbocycles. The van der Waals surface area contributed by atoms with Gasteiger partial charge in [-0.1, -0.05) is 36.4 Å². The molecule has 0 radical (unpaired) electrons. The summed E-state index contributed by atoms with van der Waals surface area (Å²) in [5, 5.41) is 0. The topological polar surface area (TPSA) is 104 Å². The van der Waals surface area contributed by atoms with Crippen LogP contribution in [0.1, 0.15) is 56.1 Å². The molecular formula is C25H31N3O4. The van der Waals surface area contributed by atoms with Crippen molar-refractivity contribution in [3.63, 3.8) is 0 Å². The standard InChI is InChI=1S/C25H31N3O4/c26-28-24(30)22(29)8-6-18-7-9-23(27-16-18)32-20-10-12-25(13-11-20)14-21(15-25)31-17-19-4-2-1-3-5-19/h1-5,7,9,16,20-21H,6,8,10-15,17,26H2,(H,28,30). The predicted molar refractivity (Wildman–Crippen MR) is 119 cm³/mol. The molecule has 0 aliphatic heterocycles. The van der Waals surface area contributed by atoms with Gasteiger partial charge in [0.25, 0.3) is 0 Å². The summed E-state index contributed by atoms with van der Waals surface area (Å²) in [5.41, 5.74) is 4.40. The zero-order chi connectivity index (χ0) is 22.4. The van der Waals surface area contributed by atoms with Gasteiger partial charge in [-0.05, 0) is 61.5 Å². The average molecular weight is 438 g/mol. The van der Waals surface area contributed by atoms with E-state index in [9.17, 15) is 9.59 Å². The molecule has 1 aromatic heterocycles. The number of aryl methyl sites for hydroxylation is 1. The highest BCUT2D eigenvalue weighted by Crippen LogP contribution is 2.53. The van der Waals surface area contributed by atoms with E-state index in [0.29, 0.717) is 30.4 Å². The molecule has 2 aliphatic carbocycles. The highest BCUT2D eigenvalue weighted by atomic mass is 16.5. The molecular weight excluding hydrogens is 406 g/mol. The number of carbonyl (C=O) groups is 2. The molecule has 3 N–H and O–H groups in total. The van der Waals surface area contributed by atoms with Gasteiger partial charge in [-0.3, -0.25) is 15.0 Å². The zero-order valence-corrected chi connectivity index (χ0v) is 18.3. The Bertz CT molecular complexity index is 901. The Labute approximate surface area is 188 Å². The molecule has 0 atom stereocenters.